The number of Topliss-reactive ketones (excluding diaryl/α,β-unsaturated/α-hetero) is 1. The van der Waals surface area contributed by atoms with Crippen molar-refractivity contribution in [3.05, 3.63) is 58.0 Å². The second-order valence-corrected chi connectivity index (χ2v) is 9.55. The Bertz CT molecular complexity index is 1130. The van der Waals surface area contributed by atoms with E-state index in [4.69, 9.17) is 9.73 Å². The van der Waals surface area contributed by atoms with E-state index in [1.165, 1.54) is 11.8 Å². The molecule has 0 N–H and O–H groups in total. The predicted molar refractivity (Wildman–Crippen MR) is 132 cm³/mol. The number of hydrogen-bond donors (Lipinski definition) is 0. The van der Waals surface area contributed by atoms with Crippen molar-refractivity contribution in [3.8, 4) is 5.75 Å². The van der Waals surface area contributed by atoms with E-state index >= 15 is 0 Å². The van der Waals surface area contributed by atoms with Gasteiger partial charge in [-0.3, -0.25) is 14.5 Å². The number of carbonyl (C=O) groups is 2. The first kappa shape index (κ1) is 22.5. The lowest BCUT2D eigenvalue weighted by Gasteiger charge is -2.16. The Kier molecular flexibility index (Phi) is 6.62. The van der Waals surface area contributed by atoms with E-state index in [1.807, 2.05) is 42.3 Å². The van der Waals surface area contributed by atoms with E-state index in [0.717, 1.165) is 39.9 Å². The molecule has 2 heterocycles. The van der Waals surface area contributed by atoms with E-state index in [9.17, 15) is 9.59 Å². The van der Waals surface area contributed by atoms with Gasteiger partial charge in [0.1, 0.15) is 10.7 Å². The van der Waals surface area contributed by atoms with Gasteiger partial charge in [0.2, 0.25) is 0 Å². The van der Waals surface area contributed by atoms with Gasteiger partial charge in [-0.15, -0.1) is 0 Å². The van der Waals surface area contributed by atoms with Crippen molar-refractivity contribution < 1.29 is 14.3 Å². The summed E-state index contributed by atoms with van der Waals surface area (Å²) < 4.78 is 5.36. The molecule has 4 rings (SSSR count). The molecule has 32 heavy (non-hydrogen) atoms. The molecule has 1 saturated heterocycles. The van der Waals surface area contributed by atoms with Crippen molar-refractivity contribution in [2.45, 2.75) is 31.6 Å². The number of amides is 1. The van der Waals surface area contributed by atoms with Gasteiger partial charge in [0.05, 0.1) is 23.5 Å². The van der Waals surface area contributed by atoms with Gasteiger partial charge in [0.25, 0.3) is 5.91 Å². The average molecular weight is 468 g/mol. The topological polar surface area (TPSA) is 62.2 Å². The third kappa shape index (κ3) is 4.29. The zero-order valence-electron chi connectivity index (χ0n) is 18.5. The standard InChI is InChI=1S/C24H25N3O3S2/c1-5-6-13-27-22(29)21(23-26(3)19-14-18(30-4)11-12-20(19)31-23)32-24(27)25-17-9-7-16(8-10-17)15(2)28/h7-12,14H,5-6,13H2,1-4H3. The molecule has 166 valence electrons. The molecular weight excluding hydrogens is 442 g/mol. The van der Waals surface area contributed by atoms with E-state index in [2.05, 4.69) is 6.92 Å². The molecular formula is C24H25N3O3S2. The van der Waals surface area contributed by atoms with E-state index < -0.39 is 0 Å². The molecule has 0 bridgehead atoms. The second-order valence-electron chi connectivity index (χ2n) is 7.54. The molecule has 2 aromatic rings. The minimum absolute atomic E-state index is 0.0170. The first-order chi connectivity index (χ1) is 15.4. The summed E-state index contributed by atoms with van der Waals surface area (Å²) in [6.45, 7) is 4.27. The summed E-state index contributed by atoms with van der Waals surface area (Å²) in [5.41, 5.74) is 2.39. The highest BCUT2D eigenvalue weighted by molar-refractivity contribution is 8.19. The Morgan fingerprint density at radius 1 is 1.12 bits per heavy atom. The minimum atomic E-state index is -0.0170. The monoisotopic (exact) mass is 467 g/mol. The van der Waals surface area contributed by atoms with Crippen LogP contribution in [0.25, 0.3) is 0 Å². The summed E-state index contributed by atoms with van der Waals surface area (Å²) in [5, 5.41) is 1.57. The van der Waals surface area contributed by atoms with Gasteiger partial charge in [-0.05, 0) is 61.5 Å². The Morgan fingerprint density at radius 2 is 1.88 bits per heavy atom. The Hall–Kier alpha value is -2.71. The van der Waals surface area contributed by atoms with Gasteiger partial charge in [0, 0.05) is 30.1 Å². The molecule has 0 saturated carbocycles. The number of rotatable bonds is 6. The molecule has 0 radical (unpaired) electrons. The summed E-state index contributed by atoms with van der Waals surface area (Å²) in [6.07, 6.45) is 1.89. The van der Waals surface area contributed by atoms with E-state index in [1.54, 1.807) is 42.8 Å². The average Bonchev–Trinajstić information content (AvgIpc) is 3.28. The third-order valence-corrected chi connectivity index (χ3v) is 7.76. The number of carbonyl (C=O) groups excluding carboxylic acids is 2. The number of amidine groups is 1. The normalized spacial score (nSPS) is 19.1. The lowest BCUT2D eigenvalue weighted by atomic mass is 10.1. The Balaban J connectivity index is 1.69. The number of hydrogen-bond acceptors (Lipinski definition) is 7. The second kappa shape index (κ2) is 9.42. The molecule has 0 aromatic heterocycles. The highest BCUT2D eigenvalue weighted by Crippen LogP contribution is 2.51. The zero-order chi connectivity index (χ0) is 22.8. The number of ketones is 1. The number of thioether (sulfide) groups is 2. The van der Waals surface area contributed by atoms with Gasteiger partial charge in [0.15, 0.2) is 11.0 Å². The molecule has 8 heteroatoms. The highest BCUT2D eigenvalue weighted by Gasteiger charge is 2.39. The fourth-order valence-corrected chi connectivity index (χ4v) is 5.82. The van der Waals surface area contributed by atoms with E-state index in [-0.39, 0.29) is 11.7 Å². The number of aliphatic imine (C=N–C) groups is 1. The lowest BCUT2D eigenvalue weighted by molar-refractivity contribution is -0.122. The van der Waals surface area contributed by atoms with Crippen LogP contribution in [0.2, 0.25) is 0 Å². The molecule has 1 fully saturated rings. The molecule has 2 aromatic carbocycles. The van der Waals surface area contributed by atoms with Crippen molar-refractivity contribution in [1.82, 2.24) is 4.90 Å². The summed E-state index contributed by atoms with van der Waals surface area (Å²) in [7, 11) is 3.62. The van der Waals surface area contributed by atoms with Crippen LogP contribution in [-0.4, -0.2) is 42.5 Å². The van der Waals surface area contributed by atoms with Gasteiger partial charge in [-0.1, -0.05) is 25.1 Å². The van der Waals surface area contributed by atoms with Crippen molar-refractivity contribution in [3.63, 3.8) is 0 Å². The molecule has 0 aliphatic carbocycles. The number of nitrogens with zero attached hydrogens (tertiary/aromatic N) is 3. The molecule has 2 aliphatic heterocycles. The summed E-state index contributed by atoms with van der Waals surface area (Å²) in [6, 6.07) is 13.1. The summed E-state index contributed by atoms with van der Waals surface area (Å²) in [4.78, 5) is 35.3. The smallest absolute Gasteiger partial charge is 0.269 e. The molecule has 0 unspecified atom stereocenters. The van der Waals surface area contributed by atoms with Crippen LogP contribution < -0.4 is 9.64 Å². The van der Waals surface area contributed by atoms with Crippen LogP contribution in [0, 0.1) is 0 Å². The zero-order valence-corrected chi connectivity index (χ0v) is 20.2. The van der Waals surface area contributed by atoms with Crippen molar-refractivity contribution >= 4 is 51.8 Å². The number of anilines is 1. The summed E-state index contributed by atoms with van der Waals surface area (Å²) in [5.74, 6) is 0.786. The van der Waals surface area contributed by atoms with Gasteiger partial charge in [-0.25, -0.2) is 4.99 Å². The number of unbranched alkanes of at least 4 members (excludes halogenated alkanes) is 1. The first-order valence-corrected chi connectivity index (χ1v) is 12.1. The maximum Gasteiger partial charge on any atom is 0.269 e. The van der Waals surface area contributed by atoms with E-state index in [0.29, 0.717) is 22.2 Å². The molecule has 0 spiro atoms. The quantitative estimate of drug-likeness (QED) is 0.403. The number of methoxy groups -OCH3 is 1. The fraction of sp³-hybridized carbons (Fsp3) is 0.292. The van der Waals surface area contributed by atoms with Crippen LogP contribution in [0.3, 0.4) is 0 Å². The first-order valence-electron chi connectivity index (χ1n) is 10.5. The number of ether oxygens (including phenoxy) is 1. The van der Waals surface area contributed by atoms with Crippen LogP contribution in [-0.2, 0) is 4.79 Å². The van der Waals surface area contributed by atoms with Crippen molar-refractivity contribution in [2.24, 2.45) is 4.99 Å². The predicted octanol–water partition coefficient (Wildman–Crippen LogP) is 5.67. The molecule has 1 amide bonds. The van der Waals surface area contributed by atoms with Crippen LogP contribution in [0.1, 0.15) is 37.0 Å². The highest BCUT2D eigenvalue weighted by atomic mass is 32.2. The van der Waals surface area contributed by atoms with Gasteiger partial charge < -0.3 is 9.64 Å². The fourth-order valence-electron chi connectivity index (χ4n) is 3.47. The number of fused-ring (bicyclic) bond motifs is 1. The largest absolute Gasteiger partial charge is 0.497 e. The van der Waals surface area contributed by atoms with Gasteiger partial charge >= 0.3 is 0 Å². The van der Waals surface area contributed by atoms with Crippen LogP contribution in [0.5, 0.6) is 5.75 Å². The van der Waals surface area contributed by atoms with Crippen molar-refractivity contribution in [2.75, 3.05) is 25.6 Å². The van der Waals surface area contributed by atoms with Crippen molar-refractivity contribution in [1.29, 1.82) is 0 Å². The Morgan fingerprint density at radius 3 is 2.53 bits per heavy atom. The maximum atomic E-state index is 13.4. The van der Waals surface area contributed by atoms with Crippen LogP contribution in [0.4, 0.5) is 11.4 Å². The SMILES string of the molecule is CCCCN1C(=O)C(=C2Sc3ccc(OC)cc3N2C)SC1=Nc1ccc(C(C)=O)cc1. The molecule has 6 nitrogen and oxygen atoms in total. The number of benzene rings is 2. The maximum absolute atomic E-state index is 13.4. The van der Waals surface area contributed by atoms with Gasteiger partial charge in [-0.2, -0.15) is 0 Å². The third-order valence-electron chi connectivity index (χ3n) is 5.33. The van der Waals surface area contributed by atoms with Crippen LogP contribution >= 0.6 is 23.5 Å². The van der Waals surface area contributed by atoms with Crippen LogP contribution in [0.15, 0.2) is 62.3 Å². The minimum Gasteiger partial charge on any atom is -0.497 e. The summed E-state index contributed by atoms with van der Waals surface area (Å²) >= 11 is 3.00. The Labute approximate surface area is 196 Å². The molecule has 0 atom stereocenters. The lowest BCUT2D eigenvalue weighted by Crippen LogP contribution is -2.30. The molecule has 2 aliphatic rings.